The minimum Gasteiger partial charge on any atom is -0.326 e. The van der Waals surface area contributed by atoms with Gasteiger partial charge in [0.1, 0.15) is 5.01 Å². The number of thiazole rings is 1. The predicted octanol–water partition coefficient (Wildman–Crippen LogP) is 4.67. The Morgan fingerprint density at radius 1 is 1.42 bits per heavy atom. The highest BCUT2D eigenvalue weighted by atomic mass is 35.5. The lowest BCUT2D eigenvalue weighted by atomic mass is 10.1. The van der Waals surface area contributed by atoms with Crippen LogP contribution >= 0.6 is 34.7 Å². The number of benzene rings is 1. The minimum atomic E-state index is 0.430. The number of hydrogen-bond donors (Lipinski definition) is 1. The van der Waals surface area contributed by atoms with Crippen LogP contribution in [0.5, 0.6) is 0 Å². The Balaban J connectivity index is 2.07. The van der Waals surface area contributed by atoms with Gasteiger partial charge in [-0.25, -0.2) is 4.98 Å². The van der Waals surface area contributed by atoms with Crippen molar-refractivity contribution < 1.29 is 0 Å². The Hall–Kier alpha value is -0.550. The molecule has 0 spiro atoms. The quantitative estimate of drug-likeness (QED) is 0.815. The normalized spacial score (nSPS) is 11.2. The summed E-state index contributed by atoms with van der Waals surface area (Å²) in [5.74, 6) is 1.30. The maximum Gasteiger partial charge on any atom is 0.103 e. The van der Waals surface area contributed by atoms with E-state index >= 15 is 0 Å². The van der Waals surface area contributed by atoms with Gasteiger partial charge in [-0.1, -0.05) is 31.5 Å². The Morgan fingerprint density at radius 2 is 2.21 bits per heavy atom. The van der Waals surface area contributed by atoms with Crippen LogP contribution < -0.4 is 5.73 Å². The standard InChI is InChI=1S/C14H17ClN2S2/c1-9(2)14-12(7-16)19-13(17-14)8-18-11-5-3-4-10(15)6-11/h3-6,9H,7-8,16H2,1-2H3. The third-order valence-electron chi connectivity index (χ3n) is 2.66. The van der Waals surface area contributed by atoms with E-state index in [0.717, 1.165) is 21.5 Å². The zero-order valence-corrected chi connectivity index (χ0v) is 13.4. The van der Waals surface area contributed by atoms with Crippen molar-refractivity contribution in [2.24, 2.45) is 5.73 Å². The van der Waals surface area contributed by atoms with Crippen LogP contribution in [-0.4, -0.2) is 4.98 Å². The van der Waals surface area contributed by atoms with E-state index in [1.807, 2.05) is 18.2 Å². The molecule has 102 valence electrons. The van der Waals surface area contributed by atoms with Gasteiger partial charge in [0.25, 0.3) is 0 Å². The summed E-state index contributed by atoms with van der Waals surface area (Å²) < 4.78 is 0. The number of aromatic nitrogens is 1. The van der Waals surface area contributed by atoms with Crippen LogP contribution in [0.3, 0.4) is 0 Å². The molecule has 0 aliphatic carbocycles. The van der Waals surface area contributed by atoms with Crippen LogP contribution in [0.15, 0.2) is 29.2 Å². The Bertz CT molecular complexity index is 552. The van der Waals surface area contributed by atoms with Crippen molar-refractivity contribution in [3.05, 3.63) is 44.9 Å². The third-order valence-corrected chi connectivity index (χ3v) is 5.18. The molecule has 19 heavy (non-hydrogen) atoms. The van der Waals surface area contributed by atoms with Gasteiger partial charge in [-0.15, -0.1) is 23.1 Å². The fourth-order valence-corrected chi connectivity index (χ4v) is 4.08. The summed E-state index contributed by atoms with van der Waals surface area (Å²) in [5.41, 5.74) is 6.92. The molecule has 2 rings (SSSR count). The maximum atomic E-state index is 5.98. The number of hydrogen-bond acceptors (Lipinski definition) is 4. The molecule has 0 amide bonds. The van der Waals surface area contributed by atoms with Crippen molar-refractivity contribution >= 4 is 34.7 Å². The molecule has 1 aromatic carbocycles. The largest absolute Gasteiger partial charge is 0.326 e. The number of nitrogens with two attached hydrogens (primary N) is 1. The SMILES string of the molecule is CC(C)c1nc(CSc2cccc(Cl)c2)sc1CN. The summed E-state index contributed by atoms with van der Waals surface area (Å²) in [5, 5.41) is 1.91. The highest BCUT2D eigenvalue weighted by Crippen LogP contribution is 2.30. The van der Waals surface area contributed by atoms with E-state index in [2.05, 4.69) is 19.9 Å². The smallest absolute Gasteiger partial charge is 0.103 e. The molecule has 0 bridgehead atoms. The first kappa shape index (κ1) is 14.9. The zero-order valence-electron chi connectivity index (χ0n) is 11.0. The van der Waals surface area contributed by atoms with Crippen molar-refractivity contribution in [3.8, 4) is 0 Å². The van der Waals surface area contributed by atoms with Gasteiger partial charge in [-0.05, 0) is 24.1 Å². The van der Waals surface area contributed by atoms with E-state index in [1.54, 1.807) is 23.1 Å². The van der Waals surface area contributed by atoms with E-state index < -0.39 is 0 Å². The number of nitrogens with zero attached hydrogens (tertiary/aromatic N) is 1. The predicted molar refractivity (Wildman–Crippen MR) is 85.1 cm³/mol. The van der Waals surface area contributed by atoms with Crippen LogP contribution in [0.4, 0.5) is 0 Å². The molecule has 0 aliphatic rings. The molecule has 2 nitrogen and oxygen atoms in total. The molecule has 0 saturated carbocycles. The molecular weight excluding hydrogens is 296 g/mol. The van der Waals surface area contributed by atoms with Crippen LogP contribution in [0.25, 0.3) is 0 Å². The van der Waals surface area contributed by atoms with Crippen molar-refractivity contribution in [2.75, 3.05) is 0 Å². The molecule has 0 saturated heterocycles. The summed E-state index contributed by atoms with van der Waals surface area (Å²) in [6.45, 7) is 4.89. The van der Waals surface area contributed by atoms with Gasteiger partial charge in [-0.3, -0.25) is 0 Å². The molecule has 1 heterocycles. The van der Waals surface area contributed by atoms with Crippen molar-refractivity contribution in [1.29, 1.82) is 0 Å². The highest BCUT2D eigenvalue weighted by molar-refractivity contribution is 7.98. The summed E-state index contributed by atoms with van der Waals surface area (Å²) in [4.78, 5) is 7.08. The van der Waals surface area contributed by atoms with Crippen LogP contribution in [-0.2, 0) is 12.3 Å². The van der Waals surface area contributed by atoms with Crippen molar-refractivity contribution in [3.63, 3.8) is 0 Å². The third kappa shape index (κ3) is 3.96. The molecule has 0 atom stereocenters. The highest BCUT2D eigenvalue weighted by Gasteiger charge is 2.13. The zero-order chi connectivity index (χ0) is 13.8. The fraction of sp³-hybridized carbons (Fsp3) is 0.357. The lowest BCUT2D eigenvalue weighted by Gasteiger charge is -2.01. The first-order chi connectivity index (χ1) is 9.10. The van der Waals surface area contributed by atoms with E-state index in [9.17, 15) is 0 Å². The summed E-state index contributed by atoms with van der Waals surface area (Å²) in [6.07, 6.45) is 0. The monoisotopic (exact) mass is 312 g/mol. The first-order valence-corrected chi connectivity index (χ1v) is 8.35. The topological polar surface area (TPSA) is 38.9 Å². The molecule has 2 N–H and O–H groups in total. The van der Waals surface area contributed by atoms with Gasteiger partial charge in [0.2, 0.25) is 0 Å². The molecule has 0 fully saturated rings. The number of rotatable bonds is 5. The van der Waals surface area contributed by atoms with Crippen molar-refractivity contribution in [1.82, 2.24) is 4.98 Å². The number of thioether (sulfide) groups is 1. The van der Waals surface area contributed by atoms with Gasteiger partial charge in [-0.2, -0.15) is 0 Å². The Morgan fingerprint density at radius 3 is 2.79 bits per heavy atom. The Labute approximate surface area is 127 Å². The lowest BCUT2D eigenvalue weighted by molar-refractivity contribution is 0.808. The molecule has 0 unspecified atom stereocenters. The Kier molecular flexibility index (Phi) is 5.28. The first-order valence-electron chi connectivity index (χ1n) is 6.17. The second-order valence-electron chi connectivity index (χ2n) is 4.52. The van der Waals surface area contributed by atoms with E-state index in [-0.39, 0.29) is 0 Å². The van der Waals surface area contributed by atoms with Gasteiger partial charge in [0.05, 0.1) is 11.4 Å². The van der Waals surface area contributed by atoms with Crippen LogP contribution in [0.1, 0.15) is 35.3 Å². The average molecular weight is 313 g/mol. The summed E-state index contributed by atoms with van der Waals surface area (Å²) in [6, 6.07) is 7.90. The van der Waals surface area contributed by atoms with Crippen molar-refractivity contribution in [2.45, 2.75) is 37.0 Å². The molecule has 0 radical (unpaired) electrons. The van der Waals surface area contributed by atoms with E-state index in [0.29, 0.717) is 12.5 Å². The van der Waals surface area contributed by atoms with Gasteiger partial charge < -0.3 is 5.73 Å². The molecular formula is C14H17ClN2S2. The average Bonchev–Trinajstić information content (AvgIpc) is 2.80. The maximum absolute atomic E-state index is 5.98. The van der Waals surface area contributed by atoms with Gasteiger partial charge in [0.15, 0.2) is 0 Å². The summed E-state index contributed by atoms with van der Waals surface area (Å²) in [7, 11) is 0. The van der Waals surface area contributed by atoms with Crippen LogP contribution in [0, 0.1) is 0 Å². The molecule has 5 heteroatoms. The van der Waals surface area contributed by atoms with Gasteiger partial charge in [0, 0.05) is 21.3 Å². The summed E-state index contributed by atoms with van der Waals surface area (Å²) >= 11 is 9.45. The van der Waals surface area contributed by atoms with Crippen LogP contribution in [0.2, 0.25) is 5.02 Å². The second-order valence-corrected chi connectivity index (χ2v) is 7.17. The van der Waals surface area contributed by atoms with E-state index in [4.69, 9.17) is 22.3 Å². The van der Waals surface area contributed by atoms with Gasteiger partial charge >= 0.3 is 0 Å². The minimum absolute atomic E-state index is 0.430. The second kappa shape index (κ2) is 6.75. The van der Waals surface area contributed by atoms with E-state index in [1.165, 1.54) is 9.77 Å². The number of halogens is 1. The fourth-order valence-electron chi connectivity index (χ4n) is 1.77. The molecule has 0 aliphatic heterocycles. The molecule has 1 aromatic heterocycles. The molecule has 2 aromatic rings. The lowest BCUT2D eigenvalue weighted by Crippen LogP contribution is -1.99.